The van der Waals surface area contributed by atoms with E-state index in [4.69, 9.17) is 15.3 Å². The third-order valence-corrected chi connectivity index (χ3v) is 3.24. The molecule has 1 aromatic carbocycles. The topological polar surface area (TPSA) is 76.8 Å². The van der Waals surface area contributed by atoms with Crippen molar-refractivity contribution in [3.8, 4) is 11.5 Å². The van der Waals surface area contributed by atoms with Gasteiger partial charge >= 0.3 is 0 Å². The number of amides is 1. The Kier molecular flexibility index (Phi) is 2.81. The molecule has 0 bridgehead atoms. The highest BCUT2D eigenvalue weighted by Gasteiger charge is 2.28. The summed E-state index contributed by atoms with van der Waals surface area (Å²) in [6.45, 7) is 0.991. The lowest BCUT2D eigenvalue weighted by Crippen LogP contribution is -2.43. The number of ether oxygens (including phenoxy) is 2. The highest BCUT2D eigenvalue weighted by atomic mass is 16.7. The predicted molar refractivity (Wildman–Crippen MR) is 65.1 cm³/mol. The summed E-state index contributed by atoms with van der Waals surface area (Å²) in [5.41, 5.74) is 0.699. The number of nitrogens with two attached hydrogens (primary N) is 1. The highest BCUT2D eigenvalue weighted by molar-refractivity contribution is 5.95. The van der Waals surface area contributed by atoms with Gasteiger partial charge in [-0.25, -0.2) is 5.01 Å². The molecule has 1 saturated heterocycles. The van der Waals surface area contributed by atoms with Gasteiger partial charge in [0.05, 0.1) is 0 Å². The molecule has 1 aromatic rings. The Labute approximate surface area is 105 Å². The summed E-state index contributed by atoms with van der Waals surface area (Å²) in [6.07, 6.45) is 1.75. The van der Waals surface area contributed by atoms with E-state index in [0.717, 1.165) is 19.4 Å². The number of rotatable bonds is 2. The maximum Gasteiger partial charge on any atom is 0.243 e. The van der Waals surface area contributed by atoms with Crippen molar-refractivity contribution >= 4 is 11.6 Å². The summed E-state index contributed by atoms with van der Waals surface area (Å²) >= 11 is 0. The van der Waals surface area contributed by atoms with Crippen LogP contribution in [0, 0.1) is 0 Å². The van der Waals surface area contributed by atoms with E-state index in [1.54, 1.807) is 23.2 Å². The Hall–Kier alpha value is -1.79. The average Bonchev–Trinajstić information content (AvgIpc) is 2.96. The average molecular weight is 249 g/mol. The van der Waals surface area contributed by atoms with Crippen LogP contribution < -0.4 is 20.6 Å². The van der Waals surface area contributed by atoms with Crippen molar-refractivity contribution in [1.29, 1.82) is 0 Å². The van der Waals surface area contributed by atoms with Gasteiger partial charge in [-0.1, -0.05) is 0 Å². The summed E-state index contributed by atoms with van der Waals surface area (Å²) in [7, 11) is 0. The minimum absolute atomic E-state index is 0.0751. The first-order valence-corrected chi connectivity index (χ1v) is 5.96. The van der Waals surface area contributed by atoms with Gasteiger partial charge < -0.3 is 14.8 Å². The minimum Gasteiger partial charge on any atom is -0.454 e. The zero-order valence-electron chi connectivity index (χ0n) is 9.89. The van der Waals surface area contributed by atoms with Crippen LogP contribution in [0.4, 0.5) is 5.69 Å². The van der Waals surface area contributed by atoms with Crippen LogP contribution in [0.3, 0.4) is 0 Å². The standard InChI is InChI=1S/C12H15N3O3/c13-15-5-1-2-9(15)12(16)14-8-3-4-10-11(6-8)18-7-17-10/h3-4,6,9H,1-2,5,7,13H2,(H,14,16). The zero-order chi connectivity index (χ0) is 12.5. The largest absolute Gasteiger partial charge is 0.454 e. The lowest BCUT2D eigenvalue weighted by atomic mass is 10.2. The van der Waals surface area contributed by atoms with E-state index in [0.29, 0.717) is 17.2 Å². The van der Waals surface area contributed by atoms with Crippen LogP contribution in [0.25, 0.3) is 0 Å². The number of fused-ring (bicyclic) bond motifs is 1. The fourth-order valence-corrected chi connectivity index (χ4v) is 2.27. The van der Waals surface area contributed by atoms with Gasteiger partial charge in [-0.15, -0.1) is 0 Å². The molecule has 18 heavy (non-hydrogen) atoms. The summed E-state index contributed by atoms with van der Waals surface area (Å²) < 4.78 is 10.5. The van der Waals surface area contributed by atoms with Gasteiger partial charge in [0.25, 0.3) is 0 Å². The number of benzene rings is 1. The molecule has 0 radical (unpaired) electrons. The second-order valence-corrected chi connectivity index (χ2v) is 4.45. The quantitative estimate of drug-likeness (QED) is 0.754. The molecule has 2 heterocycles. The SMILES string of the molecule is NN1CCCC1C(=O)Nc1ccc2c(c1)OCO2. The monoisotopic (exact) mass is 249 g/mol. The van der Waals surface area contributed by atoms with Crippen LogP contribution in [0.1, 0.15) is 12.8 Å². The van der Waals surface area contributed by atoms with Gasteiger partial charge in [0.1, 0.15) is 6.04 Å². The fraction of sp³-hybridized carbons (Fsp3) is 0.417. The molecule has 1 amide bonds. The molecule has 3 rings (SSSR count). The maximum absolute atomic E-state index is 12.0. The number of nitrogens with zero attached hydrogens (tertiary/aromatic N) is 1. The lowest BCUT2D eigenvalue weighted by Gasteiger charge is -2.18. The van der Waals surface area contributed by atoms with E-state index in [1.807, 2.05) is 0 Å². The minimum atomic E-state index is -0.240. The number of carbonyl (C=O) groups excluding carboxylic acids is 1. The van der Waals surface area contributed by atoms with Crippen molar-refractivity contribution in [3.63, 3.8) is 0 Å². The smallest absolute Gasteiger partial charge is 0.243 e. The van der Waals surface area contributed by atoms with Gasteiger partial charge in [0, 0.05) is 18.3 Å². The molecule has 0 saturated carbocycles. The van der Waals surface area contributed by atoms with Gasteiger partial charge in [-0.05, 0) is 25.0 Å². The van der Waals surface area contributed by atoms with Gasteiger partial charge in [0.15, 0.2) is 11.5 Å². The molecule has 2 aliphatic rings. The Morgan fingerprint density at radius 2 is 2.22 bits per heavy atom. The molecular weight excluding hydrogens is 234 g/mol. The van der Waals surface area contributed by atoms with E-state index in [2.05, 4.69) is 5.32 Å². The molecule has 1 unspecified atom stereocenters. The predicted octanol–water partition coefficient (Wildman–Crippen LogP) is 0.692. The Bertz CT molecular complexity index is 478. The maximum atomic E-state index is 12.0. The fourth-order valence-electron chi connectivity index (χ4n) is 2.27. The molecule has 6 heteroatoms. The molecular formula is C12H15N3O3. The van der Waals surface area contributed by atoms with Crippen LogP contribution in [-0.2, 0) is 4.79 Å². The van der Waals surface area contributed by atoms with Crippen LogP contribution in [-0.4, -0.2) is 30.3 Å². The molecule has 96 valence electrons. The summed E-state index contributed by atoms with van der Waals surface area (Å²) in [5.74, 6) is 7.04. The number of anilines is 1. The third kappa shape index (κ3) is 2.00. The van der Waals surface area contributed by atoms with Crippen LogP contribution in [0.5, 0.6) is 11.5 Å². The van der Waals surface area contributed by atoms with Crippen molar-refractivity contribution in [3.05, 3.63) is 18.2 Å². The Morgan fingerprint density at radius 3 is 3.00 bits per heavy atom. The van der Waals surface area contributed by atoms with E-state index in [1.165, 1.54) is 0 Å². The van der Waals surface area contributed by atoms with E-state index >= 15 is 0 Å². The molecule has 6 nitrogen and oxygen atoms in total. The van der Waals surface area contributed by atoms with Crippen LogP contribution >= 0.6 is 0 Å². The number of nitrogens with one attached hydrogen (secondary N) is 1. The number of carbonyl (C=O) groups is 1. The highest BCUT2D eigenvalue weighted by Crippen LogP contribution is 2.34. The lowest BCUT2D eigenvalue weighted by molar-refractivity contribution is -0.120. The molecule has 1 fully saturated rings. The molecule has 0 aliphatic carbocycles. The second kappa shape index (κ2) is 4.47. The normalized spacial score (nSPS) is 22.2. The second-order valence-electron chi connectivity index (χ2n) is 4.45. The van der Waals surface area contributed by atoms with Crippen molar-refractivity contribution in [2.45, 2.75) is 18.9 Å². The first kappa shape index (κ1) is 11.3. The molecule has 0 spiro atoms. The van der Waals surface area contributed by atoms with E-state index in [-0.39, 0.29) is 18.7 Å². The van der Waals surface area contributed by atoms with Gasteiger partial charge in [0.2, 0.25) is 12.7 Å². The van der Waals surface area contributed by atoms with E-state index < -0.39 is 0 Å². The summed E-state index contributed by atoms with van der Waals surface area (Å²) in [6, 6.07) is 5.10. The molecule has 3 N–H and O–H groups in total. The van der Waals surface area contributed by atoms with Crippen molar-refractivity contribution < 1.29 is 14.3 Å². The third-order valence-electron chi connectivity index (χ3n) is 3.24. The van der Waals surface area contributed by atoms with Gasteiger partial charge in [-0.3, -0.25) is 10.6 Å². The Morgan fingerprint density at radius 1 is 1.39 bits per heavy atom. The van der Waals surface area contributed by atoms with Crippen LogP contribution in [0.2, 0.25) is 0 Å². The summed E-state index contributed by atoms with van der Waals surface area (Å²) in [4.78, 5) is 12.0. The zero-order valence-corrected chi connectivity index (χ0v) is 9.89. The molecule has 0 aromatic heterocycles. The number of hydrogen-bond acceptors (Lipinski definition) is 5. The number of hydrazine groups is 1. The van der Waals surface area contributed by atoms with Crippen molar-refractivity contribution in [2.24, 2.45) is 5.84 Å². The van der Waals surface area contributed by atoms with Gasteiger partial charge in [-0.2, -0.15) is 0 Å². The Balaban J connectivity index is 1.71. The molecule has 1 atom stereocenters. The van der Waals surface area contributed by atoms with Crippen LogP contribution in [0.15, 0.2) is 18.2 Å². The van der Waals surface area contributed by atoms with Crippen molar-refractivity contribution in [2.75, 3.05) is 18.7 Å². The molecule has 2 aliphatic heterocycles. The number of hydrogen-bond donors (Lipinski definition) is 2. The first-order chi connectivity index (χ1) is 8.74. The first-order valence-electron chi connectivity index (χ1n) is 5.96. The van der Waals surface area contributed by atoms with Crippen molar-refractivity contribution in [1.82, 2.24) is 5.01 Å². The summed E-state index contributed by atoms with van der Waals surface area (Å²) in [5, 5.41) is 4.43. The van der Waals surface area contributed by atoms with E-state index in [9.17, 15) is 4.79 Å².